The third kappa shape index (κ3) is 3.45. The van der Waals surface area contributed by atoms with Crippen LogP contribution in [0.1, 0.15) is 65.2 Å². The van der Waals surface area contributed by atoms with Gasteiger partial charge in [0.05, 0.1) is 12.8 Å². The Balaban J connectivity index is 1.49. The van der Waals surface area contributed by atoms with Gasteiger partial charge in [-0.1, -0.05) is 25.5 Å². The normalized spacial score (nSPS) is 40.0. The van der Waals surface area contributed by atoms with Crippen molar-refractivity contribution in [2.45, 2.75) is 70.8 Å². The van der Waals surface area contributed by atoms with Crippen LogP contribution in [0.4, 0.5) is 0 Å². The first-order valence-electron chi connectivity index (χ1n) is 11.6. The fraction of sp³-hybridized carbons (Fsp3) is 0.680. The van der Waals surface area contributed by atoms with Crippen LogP contribution in [0.3, 0.4) is 0 Å². The maximum Gasteiger partial charge on any atom is 0.306 e. The number of hydrogen-bond donors (Lipinski definition) is 2. The summed E-state index contributed by atoms with van der Waals surface area (Å²) in [4.78, 5) is 47.3. The van der Waals surface area contributed by atoms with Gasteiger partial charge in [0, 0.05) is 10.8 Å². The smallest absolute Gasteiger partial charge is 0.306 e. The fourth-order valence-electron chi connectivity index (χ4n) is 7.22. The van der Waals surface area contributed by atoms with Crippen LogP contribution in [0.2, 0.25) is 0 Å². The first-order chi connectivity index (χ1) is 15.0. The molecule has 0 aromatic rings. The van der Waals surface area contributed by atoms with E-state index in [2.05, 4.69) is 13.0 Å². The second-order valence-corrected chi connectivity index (χ2v) is 10.4. The summed E-state index contributed by atoms with van der Waals surface area (Å²) in [6.07, 6.45) is 9.31. The lowest BCUT2D eigenvalue weighted by atomic mass is 9.47. The summed E-state index contributed by atoms with van der Waals surface area (Å²) < 4.78 is 5.00. The Morgan fingerprint density at radius 1 is 1.09 bits per heavy atom. The van der Waals surface area contributed by atoms with Crippen LogP contribution < -0.4 is 0 Å². The lowest BCUT2D eigenvalue weighted by molar-refractivity contribution is -0.169. The number of carboxylic acids is 1. The minimum Gasteiger partial charge on any atom is -0.481 e. The van der Waals surface area contributed by atoms with Crippen molar-refractivity contribution in [3.05, 3.63) is 23.8 Å². The lowest BCUT2D eigenvalue weighted by Crippen LogP contribution is -2.58. The minimum atomic E-state index is -1.55. The van der Waals surface area contributed by atoms with Crippen molar-refractivity contribution in [3.63, 3.8) is 0 Å². The molecule has 6 atom stereocenters. The van der Waals surface area contributed by atoms with Crippen molar-refractivity contribution in [2.24, 2.45) is 28.6 Å². The highest BCUT2D eigenvalue weighted by Crippen LogP contribution is 2.67. The second kappa shape index (κ2) is 7.94. The summed E-state index contributed by atoms with van der Waals surface area (Å²) >= 11 is 0. The van der Waals surface area contributed by atoms with Gasteiger partial charge in [-0.2, -0.15) is 0 Å². The third-order valence-electron chi connectivity index (χ3n) is 9.08. The van der Waals surface area contributed by atoms with Crippen LogP contribution in [0.15, 0.2) is 23.8 Å². The highest BCUT2D eigenvalue weighted by Gasteiger charge is 2.66. The Morgan fingerprint density at radius 2 is 1.81 bits per heavy atom. The van der Waals surface area contributed by atoms with E-state index in [0.29, 0.717) is 24.7 Å². The van der Waals surface area contributed by atoms with Gasteiger partial charge in [-0.05, 0) is 68.4 Å². The zero-order valence-electron chi connectivity index (χ0n) is 18.8. The number of aliphatic carboxylic acids is 1. The number of hydrogen-bond acceptors (Lipinski definition) is 6. The van der Waals surface area contributed by atoms with E-state index in [-0.39, 0.29) is 30.0 Å². The van der Waals surface area contributed by atoms with Crippen molar-refractivity contribution < 1.29 is 34.1 Å². The predicted molar refractivity (Wildman–Crippen MR) is 114 cm³/mol. The molecule has 7 nitrogen and oxygen atoms in total. The zero-order valence-corrected chi connectivity index (χ0v) is 18.8. The topological polar surface area (TPSA) is 118 Å². The number of ketones is 2. The van der Waals surface area contributed by atoms with Gasteiger partial charge in [0.1, 0.15) is 5.60 Å². The summed E-state index contributed by atoms with van der Waals surface area (Å²) in [5.41, 5.74) is -1.09. The van der Waals surface area contributed by atoms with Crippen LogP contribution in [0.5, 0.6) is 0 Å². The molecular formula is C25H32O7. The van der Waals surface area contributed by atoms with Crippen LogP contribution >= 0.6 is 0 Å². The molecule has 0 aromatic carbocycles. The number of carboxylic acid groups (broad SMARTS) is 1. The molecule has 4 rings (SSSR count). The quantitative estimate of drug-likeness (QED) is 0.605. The van der Waals surface area contributed by atoms with E-state index in [1.807, 2.05) is 6.92 Å². The molecule has 0 spiro atoms. The molecule has 0 aromatic heterocycles. The first kappa shape index (κ1) is 22.9. The highest BCUT2D eigenvalue weighted by atomic mass is 16.5. The van der Waals surface area contributed by atoms with Crippen molar-refractivity contribution in [1.29, 1.82) is 0 Å². The van der Waals surface area contributed by atoms with Gasteiger partial charge < -0.3 is 14.9 Å². The van der Waals surface area contributed by atoms with Gasteiger partial charge in [0.25, 0.3) is 0 Å². The van der Waals surface area contributed by atoms with E-state index in [9.17, 15) is 24.3 Å². The van der Waals surface area contributed by atoms with Crippen molar-refractivity contribution in [1.82, 2.24) is 0 Å². The lowest BCUT2D eigenvalue weighted by Gasteiger charge is -2.57. The molecule has 4 aliphatic rings. The molecule has 0 bridgehead atoms. The van der Waals surface area contributed by atoms with Crippen molar-refractivity contribution in [3.8, 4) is 0 Å². The second-order valence-electron chi connectivity index (χ2n) is 10.4. The molecule has 2 N–H and O–H groups in total. The minimum absolute atomic E-state index is 0.0512. The highest BCUT2D eigenvalue weighted by molar-refractivity contribution is 6.01. The number of aliphatic hydroxyl groups is 1. The van der Waals surface area contributed by atoms with Crippen molar-refractivity contribution >= 4 is 23.5 Å². The van der Waals surface area contributed by atoms with Gasteiger partial charge in [-0.15, -0.1) is 0 Å². The van der Waals surface area contributed by atoms with Crippen LogP contribution in [-0.4, -0.2) is 45.9 Å². The van der Waals surface area contributed by atoms with E-state index < -0.39 is 35.3 Å². The molecule has 4 aliphatic carbocycles. The molecule has 0 heterocycles. The Kier molecular flexibility index (Phi) is 5.68. The first-order valence-corrected chi connectivity index (χ1v) is 11.6. The summed E-state index contributed by atoms with van der Waals surface area (Å²) in [6.45, 7) is 3.68. The number of carbonyl (C=O) groups excluding carboxylic acids is 3. The molecule has 3 saturated carbocycles. The maximum atomic E-state index is 13.1. The summed E-state index contributed by atoms with van der Waals surface area (Å²) in [5.74, 6) is -1.38. The van der Waals surface area contributed by atoms with E-state index in [0.717, 1.165) is 25.7 Å². The molecular weight excluding hydrogens is 412 g/mol. The number of ether oxygens (including phenoxy) is 1. The molecule has 174 valence electrons. The zero-order chi connectivity index (χ0) is 23.3. The van der Waals surface area contributed by atoms with Gasteiger partial charge in [-0.3, -0.25) is 19.2 Å². The molecule has 0 radical (unpaired) electrons. The molecule has 3 fully saturated rings. The molecule has 0 aliphatic heterocycles. The van der Waals surface area contributed by atoms with Gasteiger partial charge in [0.15, 0.2) is 12.4 Å². The number of fused-ring (bicyclic) bond motifs is 5. The number of allylic oxidation sites excluding steroid dienone is 4. The SMILES string of the molecule is C[C@]12C=CC(=O)C=C1CCC1C2CC[C@@]2(C)C1CC[C@]2(O)C(=O)COC(=O)CCC(=O)O. The van der Waals surface area contributed by atoms with Crippen molar-refractivity contribution in [2.75, 3.05) is 6.61 Å². The fourth-order valence-corrected chi connectivity index (χ4v) is 7.22. The third-order valence-corrected chi connectivity index (χ3v) is 9.08. The van der Waals surface area contributed by atoms with E-state index >= 15 is 0 Å². The van der Waals surface area contributed by atoms with Gasteiger partial charge in [0.2, 0.25) is 5.78 Å². The Labute approximate surface area is 187 Å². The largest absolute Gasteiger partial charge is 0.481 e. The molecule has 0 saturated heterocycles. The molecule has 3 unspecified atom stereocenters. The Bertz CT molecular complexity index is 917. The Morgan fingerprint density at radius 3 is 2.53 bits per heavy atom. The van der Waals surface area contributed by atoms with Gasteiger partial charge >= 0.3 is 11.9 Å². The predicted octanol–water partition coefficient (Wildman–Crippen LogP) is 3.00. The van der Waals surface area contributed by atoms with Gasteiger partial charge in [-0.25, -0.2) is 0 Å². The van der Waals surface area contributed by atoms with Crippen LogP contribution in [-0.2, 0) is 23.9 Å². The maximum absolute atomic E-state index is 13.1. The summed E-state index contributed by atoms with van der Waals surface area (Å²) in [7, 11) is 0. The average Bonchev–Trinajstić information content (AvgIpc) is 3.03. The van der Waals surface area contributed by atoms with Crippen LogP contribution in [0.25, 0.3) is 0 Å². The number of rotatable bonds is 6. The molecule has 0 amide bonds. The Hall–Kier alpha value is -2.28. The van der Waals surface area contributed by atoms with E-state index in [1.165, 1.54) is 5.57 Å². The molecule has 32 heavy (non-hydrogen) atoms. The summed E-state index contributed by atoms with van der Waals surface area (Å²) in [6, 6.07) is 0. The van der Waals surface area contributed by atoms with Crippen LogP contribution in [0, 0.1) is 28.6 Å². The van der Waals surface area contributed by atoms with E-state index in [4.69, 9.17) is 9.84 Å². The average molecular weight is 445 g/mol. The standard InChI is InChI=1S/C25H32O7/c1-23-10-7-16(26)13-15(23)3-4-17-18(23)8-11-24(2)19(17)9-12-25(24,31)20(27)14-32-22(30)6-5-21(28)29/h7,10,13,17-19,31H,3-6,8-9,11-12,14H2,1-2H3,(H,28,29)/t17?,18?,19?,23-,24-,25-/m0/s1. The number of Topliss-reactive ketones (excluding diaryl/α,β-unsaturated/α-hetero) is 1. The summed E-state index contributed by atoms with van der Waals surface area (Å²) in [5, 5.41) is 20.2. The monoisotopic (exact) mass is 444 g/mol. The number of esters is 1. The number of carbonyl (C=O) groups is 4. The molecule has 7 heteroatoms. The van der Waals surface area contributed by atoms with E-state index in [1.54, 1.807) is 12.2 Å².